The van der Waals surface area contributed by atoms with Gasteiger partial charge in [-0.2, -0.15) is 0 Å². The van der Waals surface area contributed by atoms with Crippen molar-refractivity contribution in [1.82, 2.24) is 0 Å². The predicted molar refractivity (Wildman–Crippen MR) is 66.4 cm³/mol. The largest absolute Gasteiger partial charge is 0.0654 e. The molecule has 0 spiro atoms. The molecule has 0 heteroatoms. The highest BCUT2D eigenvalue weighted by atomic mass is 14.0. The molecule has 1 radical (unpaired) electrons. The van der Waals surface area contributed by atoms with E-state index in [9.17, 15) is 0 Å². The molecule has 0 aliphatic heterocycles. The van der Waals surface area contributed by atoms with Gasteiger partial charge in [-0.1, -0.05) is 85.0 Å². The summed E-state index contributed by atoms with van der Waals surface area (Å²) in [6.07, 6.45) is 14.0. The lowest BCUT2D eigenvalue weighted by molar-refractivity contribution is 0.502. The Morgan fingerprint density at radius 1 is 0.786 bits per heavy atom. The minimum Gasteiger partial charge on any atom is -0.0654 e. The smallest absolute Gasteiger partial charge is 0.0417 e. The van der Waals surface area contributed by atoms with Gasteiger partial charge in [-0.3, -0.25) is 0 Å². The standard InChI is InChI=1S/C14H29/c1-4-6-7-8-9-10-11-12-13-14(3)5-2/h14H,3-13H2,1-2H3. The summed E-state index contributed by atoms with van der Waals surface area (Å²) in [5.74, 6) is 0.704. The second-order valence-electron chi connectivity index (χ2n) is 4.54. The third-order valence-electron chi connectivity index (χ3n) is 3.04. The average molecular weight is 197 g/mol. The molecule has 0 heterocycles. The first-order chi connectivity index (χ1) is 6.81. The van der Waals surface area contributed by atoms with E-state index in [0.29, 0.717) is 5.92 Å². The van der Waals surface area contributed by atoms with Crippen LogP contribution in [0.5, 0.6) is 0 Å². The summed E-state index contributed by atoms with van der Waals surface area (Å²) in [7, 11) is 0. The van der Waals surface area contributed by atoms with Crippen LogP contribution in [0, 0.1) is 12.8 Å². The molecule has 0 aliphatic rings. The van der Waals surface area contributed by atoms with Crippen LogP contribution >= 0.6 is 0 Å². The van der Waals surface area contributed by atoms with Gasteiger partial charge in [0.25, 0.3) is 0 Å². The van der Waals surface area contributed by atoms with Crippen molar-refractivity contribution in [2.24, 2.45) is 5.92 Å². The normalized spacial score (nSPS) is 13.1. The highest BCUT2D eigenvalue weighted by Gasteiger charge is 1.97. The van der Waals surface area contributed by atoms with E-state index in [2.05, 4.69) is 20.8 Å². The summed E-state index contributed by atoms with van der Waals surface area (Å²) >= 11 is 0. The molecule has 0 fully saturated rings. The second-order valence-corrected chi connectivity index (χ2v) is 4.54. The SMILES string of the molecule is [CH2]C(CC)CCCCCCCCCC. The molecule has 1 atom stereocenters. The van der Waals surface area contributed by atoms with Crippen LogP contribution < -0.4 is 0 Å². The molecule has 85 valence electrons. The predicted octanol–water partition coefficient (Wildman–Crippen LogP) is 5.38. The van der Waals surface area contributed by atoms with Crippen LogP contribution in [0.4, 0.5) is 0 Å². The Balaban J connectivity index is 2.92. The Morgan fingerprint density at radius 2 is 1.29 bits per heavy atom. The van der Waals surface area contributed by atoms with Gasteiger partial charge in [0, 0.05) is 0 Å². The maximum Gasteiger partial charge on any atom is -0.0417 e. The minimum atomic E-state index is 0.704. The molecule has 0 N–H and O–H groups in total. The van der Waals surface area contributed by atoms with Crippen molar-refractivity contribution in [3.05, 3.63) is 6.92 Å². The maximum atomic E-state index is 4.11. The fourth-order valence-corrected chi connectivity index (χ4v) is 1.77. The summed E-state index contributed by atoms with van der Waals surface area (Å²) in [5.41, 5.74) is 0. The van der Waals surface area contributed by atoms with Crippen LogP contribution in [-0.4, -0.2) is 0 Å². The van der Waals surface area contributed by atoms with E-state index in [1.165, 1.54) is 64.2 Å². The third kappa shape index (κ3) is 10.1. The first-order valence-corrected chi connectivity index (χ1v) is 6.64. The van der Waals surface area contributed by atoms with Crippen LogP contribution in [-0.2, 0) is 0 Å². The Hall–Kier alpha value is 0. The topological polar surface area (TPSA) is 0 Å². The molecule has 0 aromatic heterocycles. The molecule has 0 saturated heterocycles. The fraction of sp³-hybridized carbons (Fsp3) is 0.929. The van der Waals surface area contributed by atoms with E-state index in [0.717, 1.165) is 0 Å². The lowest BCUT2D eigenvalue weighted by atomic mass is 10.00. The first kappa shape index (κ1) is 14.0. The molecule has 0 aromatic carbocycles. The first-order valence-electron chi connectivity index (χ1n) is 6.64. The highest BCUT2D eigenvalue weighted by molar-refractivity contribution is 4.58. The van der Waals surface area contributed by atoms with Gasteiger partial charge >= 0.3 is 0 Å². The number of hydrogen-bond donors (Lipinski definition) is 0. The van der Waals surface area contributed by atoms with Crippen molar-refractivity contribution >= 4 is 0 Å². The van der Waals surface area contributed by atoms with Gasteiger partial charge in [0.1, 0.15) is 0 Å². The van der Waals surface area contributed by atoms with Gasteiger partial charge in [-0.15, -0.1) is 0 Å². The lowest BCUT2D eigenvalue weighted by Gasteiger charge is -2.07. The fourth-order valence-electron chi connectivity index (χ4n) is 1.77. The van der Waals surface area contributed by atoms with E-state index in [4.69, 9.17) is 0 Å². The monoisotopic (exact) mass is 197 g/mol. The van der Waals surface area contributed by atoms with Gasteiger partial charge in [0.05, 0.1) is 0 Å². The summed E-state index contributed by atoms with van der Waals surface area (Å²) < 4.78 is 0. The van der Waals surface area contributed by atoms with E-state index >= 15 is 0 Å². The zero-order valence-corrected chi connectivity index (χ0v) is 10.4. The Kier molecular flexibility index (Phi) is 11.1. The van der Waals surface area contributed by atoms with Crippen LogP contribution in [0.1, 0.15) is 78.1 Å². The number of hydrogen-bond acceptors (Lipinski definition) is 0. The van der Waals surface area contributed by atoms with Crippen molar-refractivity contribution in [2.75, 3.05) is 0 Å². The van der Waals surface area contributed by atoms with E-state index in [1.54, 1.807) is 0 Å². The molecule has 1 unspecified atom stereocenters. The Bertz CT molecular complexity index is 96.2. The van der Waals surface area contributed by atoms with Gasteiger partial charge in [0.15, 0.2) is 0 Å². The van der Waals surface area contributed by atoms with Crippen LogP contribution in [0.3, 0.4) is 0 Å². The zero-order chi connectivity index (χ0) is 10.6. The lowest BCUT2D eigenvalue weighted by Crippen LogP contribution is -1.92. The summed E-state index contributed by atoms with van der Waals surface area (Å²) in [5, 5.41) is 0. The van der Waals surface area contributed by atoms with Crippen molar-refractivity contribution in [3.63, 3.8) is 0 Å². The van der Waals surface area contributed by atoms with Crippen molar-refractivity contribution < 1.29 is 0 Å². The van der Waals surface area contributed by atoms with Gasteiger partial charge < -0.3 is 0 Å². The maximum absolute atomic E-state index is 4.11. The number of unbranched alkanes of at least 4 members (excludes halogenated alkanes) is 7. The summed E-state index contributed by atoms with van der Waals surface area (Å²) in [6, 6.07) is 0. The molecule has 0 aromatic rings. The Labute approximate surface area is 91.5 Å². The van der Waals surface area contributed by atoms with Crippen molar-refractivity contribution in [2.45, 2.75) is 78.1 Å². The van der Waals surface area contributed by atoms with Gasteiger partial charge in [-0.25, -0.2) is 0 Å². The summed E-state index contributed by atoms with van der Waals surface area (Å²) in [6.45, 7) is 8.63. The molecule has 0 saturated carbocycles. The molecule has 0 bridgehead atoms. The molecular weight excluding hydrogens is 168 g/mol. The molecule has 14 heavy (non-hydrogen) atoms. The van der Waals surface area contributed by atoms with Gasteiger partial charge in [-0.05, 0) is 5.92 Å². The van der Waals surface area contributed by atoms with Crippen molar-refractivity contribution in [1.29, 1.82) is 0 Å². The molecule has 0 nitrogen and oxygen atoms in total. The molecule has 0 rings (SSSR count). The van der Waals surface area contributed by atoms with E-state index in [-0.39, 0.29) is 0 Å². The summed E-state index contributed by atoms with van der Waals surface area (Å²) in [4.78, 5) is 0. The third-order valence-corrected chi connectivity index (χ3v) is 3.04. The molecule has 0 amide bonds. The zero-order valence-electron chi connectivity index (χ0n) is 10.4. The highest BCUT2D eigenvalue weighted by Crippen LogP contribution is 2.14. The van der Waals surface area contributed by atoms with Crippen LogP contribution in [0.15, 0.2) is 0 Å². The molecular formula is C14H29. The minimum absolute atomic E-state index is 0.704. The van der Waals surface area contributed by atoms with Crippen LogP contribution in [0.2, 0.25) is 0 Å². The quantitative estimate of drug-likeness (QED) is 0.413. The average Bonchev–Trinajstić information content (AvgIpc) is 2.21. The number of rotatable bonds is 10. The second kappa shape index (κ2) is 11.1. The van der Waals surface area contributed by atoms with Gasteiger partial charge in [0.2, 0.25) is 0 Å². The molecule has 0 aliphatic carbocycles. The Morgan fingerprint density at radius 3 is 1.79 bits per heavy atom. The van der Waals surface area contributed by atoms with Crippen LogP contribution in [0.25, 0.3) is 0 Å². The van der Waals surface area contributed by atoms with E-state index in [1.807, 2.05) is 0 Å². The van der Waals surface area contributed by atoms with E-state index < -0.39 is 0 Å². The van der Waals surface area contributed by atoms with Crippen molar-refractivity contribution in [3.8, 4) is 0 Å².